The first-order valence-corrected chi connectivity index (χ1v) is 43.3. The maximum Gasteiger partial charge on any atom is 0.164 e. The number of nitrogens with zero attached hydrogens (tertiary/aromatic N) is 8. The van der Waals surface area contributed by atoms with Crippen molar-refractivity contribution in [1.29, 1.82) is 0 Å². The first kappa shape index (κ1) is 73.6. The van der Waals surface area contributed by atoms with E-state index in [2.05, 4.69) is 315 Å². The van der Waals surface area contributed by atoms with Crippen LogP contribution < -0.4 is 9.47 Å². The Morgan fingerprint density at radius 3 is 0.789 bits per heavy atom. The van der Waals surface area contributed by atoms with Crippen molar-refractivity contribution < 1.29 is 9.47 Å². The SMILES string of the molecule is c1ccc(-c2nc(-c3ccccc3)nc(-c3ccc(-c4cccc(-c5nc6ccccc6c6cc7c(cc56)-c5ccccc5C75c6ccccc6Oc6ccccc65)c4)cc3)n2)cc1.c1ccc(-c2nc(-c3ccccc3)nc(-c3cccc(-c4cccc(-c5nc6ccccc6c6cc7c(cc56)-c5ccccc5C75c6ccccc6Oc6ccccc65)c4)c3)n2)cc1. The Morgan fingerprint density at radius 1 is 0.148 bits per heavy atom. The molecule has 10 nitrogen and oxygen atoms in total. The predicted octanol–water partition coefficient (Wildman–Crippen LogP) is 28.8. The van der Waals surface area contributed by atoms with Gasteiger partial charge in [-0.3, -0.25) is 0 Å². The quantitative estimate of drug-likeness (QED) is 0.122. The van der Waals surface area contributed by atoms with Crippen LogP contribution in [0.4, 0.5) is 0 Å². The highest BCUT2D eigenvalue weighted by molar-refractivity contribution is 6.16. The Bertz CT molecular complexity index is 8060. The summed E-state index contributed by atoms with van der Waals surface area (Å²) in [5.41, 5.74) is 29.2. The number of rotatable bonds is 10. The number of hydrogen-bond donors (Lipinski definition) is 0. The molecule has 128 heavy (non-hydrogen) atoms. The fourth-order valence-electron chi connectivity index (χ4n) is 20.2. The zero-order valence-electron chi connectivity index (χ0n) is 69.0. The third-order valence-electron chi connectivity index (χ3n) is 25.9. The van der Waals surface area contributed by atoms with Gasteiger partial charge in [-0.2, -0.15) is 0 Å². The van der Waals surface area contributed by atoms with E-state index in [4.69, 9.17) is 49.3 Å². The van der Waals surface area contributed by atoms with Crippen molar-refractivity contribution in [2.75, 3.05) is 0 Å². The fraction of sp³-hybridized carbons (Fsp3) is 0.0169. The number of pyridine rings is 2. The lowest BCUT2D eigenvalue weighted by atomic mass is 9.66. The molecule has 4 aliphatic rings. The molecule has 2 aliphatic heterocycles. The molecule has 0 saturated heterocycles. The molecule has 2 spiro atoms. The summed E-state index contributed by atoms with van der Waals surface area (Å²) in [6, 6.07) is 154. The smallest absolute Gasteiger partial charge is 0.164 e. The molecule has 0 amide bonds. The molecule has 10 heteroatoms. The third kappa shape index (κ3) is 11.9. The summed E-state index contributed by atoms with van der Waals surface area (Å²) in [4.78, 5) is 40.7. The average molecular weight is 1630 g/mol. The minimum atomic E-state index is -0.566. The zero-order chi connectivity index (χ0) is 84.4. The summed E-state index contributed by atoms with van der Waals surface area (Å²) in [6.45, 7) is 0. The number of ether oxygens (including phenoxy) is 2. The molecule has 0 bridgehead atoms. The van der Waals surface area contributed by atoms with Crippen molar-refractivity contribution in [1.82, 2.24) is 39.9 Å². The number of benzene rings is 18. The van der Waals surface area contributed by atoms with Crippen molar-refractivity contribution in [3.05, 3.63) is 481 Å². The molecule has 0 fully saturated rings. The minimum Gasteiger partial charge on any atom is -0.457 e. The van der Waals surface area contributed by atoms with E-state index < -0.39 is 10.8 Å². The van der Waals surface area contributed by atoms with Gasteiger partial charge in [0.1, 0.15) is 23.0 Å². The largest absolute Gasteiger partial charge is 0.457 e. The van der Waals surface area contributed by atoms with E-state index in [9.17, 15) is 0 Å². The molecule has 596 valence electrons. The van der Waals surface area contributed by atoms with E-state index in [-0.39, 0.29) is 0 Å². The summed E-state index contributed by atoms with van der Waals surface area (Å²) < 4.78 is 13.3. The zero-order valence-corrected chi connectivity index (χ0v) is 69.0. The topological polar surface area (TPSA) is 122 Å². The predicted molar refractivity (Wildman–Crippen MR) is 514 cm³/mol. The molecule has 4 aromatic heterocycles. The first-order chi connectivity index (χ1) is 63.4. The molecule has 18 aromatic carbocycles. The van der Waals surface area contributed by atoms with E-state index in [1.54, 1.807) is 0 Å². The second-order valence-electron chi connectivity index (χ2n) is 33.0. The fourth-order valence-corrected chi connectivity index (χ4v) is 20.2. The van der Waals surface area contributed by atoms with E-state index >= 15 is 0 Å². The average Bonchev–Trinajstić information content (AvgIpc) is 1.51. The van der Waals surface area contributed by atoms with Gasteiger partial charge in [0, 0.05) is 88.3 Å². The number of para-hydroxylation sites is 6. The number of aromatic nitrogens is 8. The summed E-state index contributed by atoms with van der Waals surface area (Å²) in [7, 11) is 0. The summed E-state index contributed by atoms with van der Waals surface area (Å²) in [5.74, 6) is 7.34. The normalized spacial score (nSPS) is 12.9. The van der Waals surface area contributed by atoms with Crippen molar-refractivity contribution in [3.63, 3.8) is 0 Å². The van der Waals surface area contributed by atoms with Crippen LogP contribution in [0.2, 0.25) is 0 Å². The van der Waals surface area contributed by atoms with Gasteiger partial charge in [0.15, 0.2) is 34.9 Å². The Hall–Kier alpha value is -17.1. The molecular formula is C118H72N8O2. The minimum absolute atomic E-state index is 0.560. The van der Waals surface area contributed by atoms with E-state index in [0.29, 0.717) is 34.9 Å². The summed E-state index contributed by atoms with van der Waals surface area (Å²) in [5, 5.41) is 6.80. The van der Waals surface area contributed by atoms with E-state index in [1.165, 1.54) is 55.3 Å². The lowest BCUT2D eigenvalue weighted by Gasteiger charge is -2.39. The standard InChI is InChI=1S/2C59H36N4O/c1-3-17-37(18-4-1)56-61-57(38-19-5-2-6-20-38)63-58(62-56)42-24-16-22-40(34-42)39-21-15-23-41(33-39)55-47-35-46-43-25-7-9-27-48(43)59(51(46)36-45(47)44-26-8-12-30-52(44)60-55)49-28-10-13-31-53(49)64-54-32-14-11-29-50(54)59;1-3-16-38(17-4-1)56-61-57(39-18-5-2-6-19-39)63-58(62-56)40-32-30-37(31-33-40)41-20-15-21-42(34-41)55-47-35-46-43-22-7-9-24-48(43)59(51(46)36-45(47)44-23-8-12-27-52(44)60-55)49-25-10-13-28-53(49)64-54-29-14-11-26-50(54)59/h2*1-36H. The van der Waals surface area contributed by atoms with Gasteiger partial charge in [0.05, 0.1) is 33.3 Å². The maximum absolute atomic E-state index is 6.64. The Kier molecular flexibility index (Phi) is 17.2. The Morgan fingerprint density at radius 2 is 0.414 bits per heavy atom. The highest BCUT2D eigenvalue weighted by atomic mass is 16.5. The molecule has 0 saturated carbocycles. The van der Waals surface area contributed by atoms with Crippen molar-refractivity contribution in [2.24, 2.45) is 0 Å². The van der Waals surface area contributed by atoms with Crippen LogP contribution in [0.15, 0.2) is 437 Å². The van der Waals surface area contributed by atoms with Crippen LogP contribution in [-0.2, 0) is 10.8 Å². The first-order valence-electron chi connectivity index (χ1n) is 43.3. The van der Waals surface area contributed by atoms with Crippen molar-refractivity contribution >= 4 is 43.4 Å². The molecule has 0 atom stereocenters. The summed E-state index contributed by atoms with van der Waals surface area (Å²) in [6.07, 6.45) is 0. The Labute approximate surface area is 738 Å². The molecule has 0 unspecified atom stereocenters. The van der Waals surface area contributed by atoms with Crippen LogP contribution in [0.3, 0.4) is 0 Å². The van der Waals surface area contributed by atoms with E-state index in [1.807, 2.05) is 121 Å². The number of fused-ring (bicyclic) bond motifs is 24. The van der Waals surface area contributed by atoms with Crippen LogP contribution in [0, 0.1) is 0 Å². The van der Waals surface area contributed by atoms with Crippen LogP contribution in [-0.4, -0.2) is 39.9 Å². The van der Waals surface area contributed by atoms with Crippen molar-refractivity contribution in [3.8, 4) is 158 Å². The van der Waals surface area contributed by atoms with Crippen LogP contribution in [0.5, 0.6) is 23.0 Å². The van der Waals surface area contributed by atoms with Gasteiger partial charge in [-0.15, -0.1) is 0 Å². The molecule has 0 radical (unpaired) electrons. The highest BCUT2D eigenvalue weighted by Gasteiger charge is 2.53. The highest BCUT2D eigenvalue weighted by Crippen LogP contribution is 2.65. The molecule has 0 N–H and O–H groups in total. The summed E-state index contributed by atoms with van der Waals surface area (Å²) >= 11 is 0. The van der Waals surface area contributed by atoms with Gasteiger partial charge in [-0.25, -0.2) is 39.9 Å². The second kappa shape index (κ2) is 29.9. The van der Waals surface area contributed by atoms with Gasteiger partial charge in [0.25, 0.3) is 0 Å². The van der Waals surface area contributed by atoms with Gasteiger partial charge in [-0.1, -0.05) is 358 Å². The van der Waals surface area contributed by atoms with Crippen LogP contribution in [0.1, 0.15) is 44.5 Å². The van der Waals surface area contributed by atoms with Crippen LogP contribution >= 0.6 is 0 Å². The molecular weight excluding hydrogens is 1560 g/mol. The molecule has 22 aromatic rings. The Balaban J connectivity index is 0.000000139. The third-order valence-corrected chi connectivity index (χ3v) is 25.9. The maximum atomic E-state index is 6.64. The lowest BCUT2D eigenvalue weighted by Crippen LogP contribution is -2.32. The van der Waals surface area contributed by atoms with Gasteiger partial charge < -0.3 is 9.47 Å². The molecule has 2 aliphatic carbocycles. The monoisotopic (exact) mass is 1630 g/mol. The number of hydrogen-bond acceptors (Lipinski definition) is 10. The molecule has 26 rings (SSSR count). The van der Waals surface area contributed by atoms with Crippen molar-refractivity contribution in [2.45, 2.75) is 10.8 Å². The second-order valence-corrected chi connectivity index (χ2v) is 33.0. The molecule has 6 heterocycles. The lowest BCUT2D eigenvalue weighted by molar-refractivity contribution is 0.436. The van der Waals surface area contributed by atoms with Gasteiger partial charge in [-0.05, 0) is 156 Å². The van der Waals surface area contributed by atoms with Gasteiger partial charge >= 0.3 is 0 Å². The van der Waals surface area contributed by atoms with E-state index in [0.717, 1.165) is 156 Å². The van der Waals surface area contributed by atoms with Gasteiger partial charge in [0.2, 0.25) is 0 Å². The van der Waals surface area contributed by atoms with Crippen LogP contribution in [0.25, 0.3) is 179 Å².